The van der Waals surface area contributed by atoms with Gasteiger partial charge in [0, 0.05) is 34.8 Å². The summed E-state index contributed by atoms with van der Waals surface area (Å²) in [7, 11) is 0. The molecule has 0 aliphatic carbocycles. The van der Waals surface area contributed by atoms with Gasteiger partial charge in [-0.25, -0.2) is 0 Å². The second kappa shape index (κ2) is 12.2. The van der Waals surface area contributed by atoms with E-state index in [9.17, 15) is 20.2 Å². The first kappa shape index (κ1) is 26.7. The predicted molar refractivity (Wildman–Crippen MR) is 150 cm³/mol. The van der Waals surface area contributed by atoms with Crippen molar-refractivity contribution in [3.05, 3.63) is 150 Å². The largest absolute Gasteiger partial charge is 0.270 e. The van der Waals surface area contributed by atoms with Crippen LogP contribution in [0.4, 0.5) is 11.4 Å². The molecule has 9 heteroatoms. The molecule has 0 fully saturated rings. The summed E-state index contributed by atoms with van der Waals surface area (Å²) in [6.07, 6.45) is 1.25. The summed E-state index contributed by atoms with van der Waals surface area (Å²) in [4.78, 5) is 21.6. The maximum absolute atomic E-state index is 11.3. The Balaban J connectivity index is 1.76. The van der Waals surface area contributed by atoms with Crippen molar-refractivity contribution in [2.45, 2.75) is 23.3 Å². The highest BCUT2D eigenvalue weighted by molar-refractivity contribution is 7.99. The molecule has 4 aromatic carbocycles. The minimum Gasteiger partial charge on any atom is -0.258 e. The lowest BCUT2D eigenvalue weighted by molar-refractivity contribution is -0.385. The standard InChI is InChI=1S/C28H22Cl2N2O4S/c29-25-17-21(31(33)34)11-13-23(25)27(15-19-7-3-1-4-8-19)37-28(16-20-9-5-2-6-10-20)24-14-12-22(32(35)36)18-26(24)30/h1-14,17-18,27-28H,15-16H2. The van der Waals surface area contributed by atoms with E-state index in [1.807, 2.05) is 60.7 Å². The molecule has 0 saturated carbocycles. The molecule has 0 bridgehead atoms. The molecule has 0 N–H and O–H groups in total. The monoisotopic (exact) mass is 552 g/mol. The molecule has 0 heterocycles. The van der Waals surface area contributed by atoms with Crippen LogP contribution in [-0.2, 0) is 12.8 Å². The minimum absolute atomic E-state index is 0.0727. The van der Waals surface area contributed by atoms with Crippen LogP contribution in [0.2, 0.25) is 10.0 Å². The number of nitro groups is 2. The lowest BCUT2D eigenvalue weighted by atomic mass is 10.0. The number of hydrogen-bond acceptors (Lipinski definition) is 5. The Kier molecular flexibility index (Phi) is 8.82. The number of thioether (sulfide) groups is 1. The van der Waals surface area contributed by atoms with Crippen LogP contribution < -0.4 is 0 Å². The summed E-state index contributed by atoms with van der Waals surface area (Å²) < 4.78 is 0. The van der Waals surface area contributed by atoms with Gasteiger partial charge in [-0.2, -0.15) is 0 Å². The van der Waals surface area contributed by atoms with Crippen LogP contribution in [-0.4, -0.2) is 9.85 Å². The van der Waals surface area contributed by atoms with E-state index in [0.717, 1.165) is 22.3 Å². The van der Waals surface area contributed by atoms with Crippen molar-refractivity contribution >= 4 is 46.3 Å². The van der Waals surface area contributed by atoms with Gasteiger partial charge >= 0.3 is 0 Å². The Bertz CT molecular complexity index is 1300. The fraction of sp³-hybridized carbons (Fsp3) is 0.143. The Labute approximate surface area is 228 Å². The Morgan fingerprint density at radius 1 is 0.622 bits per heavy atom. The maximum atomic E-state index is 11.3. The van der Waals surface area contributed by atoms with Crippen LogP contribution in [0.3, 0.4) is 0 Å². The summed E-state index contributed by atoms with van der Waals surface area (Å²) in [5.41, 5.74) is 3.58. The van der Waals surface area contributed by atoms with Gasteiger partial charge < -0.3 is 0 Å². The zero-order chi connectivity index (χ0) is 26.4. The topological polar surface area (TPSA) is 86.3 Å². The van der Waals surface area contributed by atoms with E-state index in [1.165, 1.54) is 24.3 Å². The fourth-order valence-corrected chi connectivity index (χ4v) is 6.52. The van der Waals surface area contributed by atoms with Crippen molar-refractivity contribution in [3.8, 4) is 0 Å². The molecule has 4 aromatic rings. The second-order valence-corrected chi connectivity index (χ2v) is 10.6. The normalized spacial score (nSPS) is 12.6. The van der Waals surface area contributed by atoms with Gasteiger partial charge in [0.05, 0.1) is 19.9 Å². The zero-order valence-electron chi connectivity index (χ0n) is 19.5. The lowest BCUT2D eigenvalue weighted by Crippen LogP contribution is -2.08. The zero-order valence-corrected chi connectivity index (χ0v) is 21.8. The van der Waals surface area contributed by atoms with E-state index < -0.39 is 9.85 Å². The molecule has 0 aliphatic rings. The first-order valence-corrected chi connectivity index (χ1v) is 13.1. The van der Waals surface area contributed by atoms with Gasteiger partial charge in [-0.3, -0.25) is 20.2 Å². The van der Waals surface area contributed by atoms with E-state index in [2.05, 4.69) is 0 Å². The molecular formula is C28H22Cl2N2O4S. The van der Waals surface area contributed by atoms with Crippen LogP contribution in [0.1, 0.15) is 32.8 Å². The number of non-ortho nitro benzene ring substituents is 2. The molecule has 0 spiro atoms. The highest BCUT2D eigenvalue weighted by atomic mass is 35.5. The first-order valence-electron chi connectivity index (χ1n) is 11.4. The smallest absolute Gasteiger partial charge is 0.258 e. The molecule has 188 valence electrons. The Morgan fingerprint density at radius 2 is 1.00 bits per heavy atom. The van der Waals surface area contributed by atoms with Crippen LogP contribution in [0.5, 0.6) is 0 Å². The Hall–Kier alpha value is -3.39. The summed E-state index contributed by atoms with van der Waals surface area (Å²) in [6, 6.07) is 28.9. The summed E-state index contributed by atoms with van der Waals surface area (Å²) >= 11 is 14.8. The van der Waals surface area contributed by atoms with Crippen molar-refractivity contribution < 1.29 is 9.85 Å². The number of halogens is 2. The molecule has 0 radical (unpaired) electrons. The van der Waals surface area contributed by atoms with Gasteiger partial charge in [-0.1, -0.05) is 83.9 Å². The van der Waals surface area contributed by atoms with Crippen molar-refractivity contribution in [2.24, 2.45) is 0 Å². The molecule has 2 unspecified atom stereocenters. The third-order valence-electron chi connectivity index (χ3n) is 5.94. The number of nitro benzene ring substituents is 2. The van der Waals surface area contributed by atoms with Crippen LogP contribution in [0, 0.1) is 20.2 Å². The average molecular weight is 553 g/mol. The van der Waals surface area contributed by atoms with Gasteiger partial charge in [-0.05, 0) is 47.2 Å². The summed E-state index contributed by atoms with van der Waals surface area (Å²) in [5.74, 6) is 0. The third kappa shape index (κ3) is 6.89. The van der Waals surface area contributed by atoms with Gasteiger partial charge in [0.1, 0.15) is 0 Å². The Morgan fingerprint density at radius 3 is 1.32 bits per heavy atom. The first-order chi connectivity index (χ1) is 17.8. The second-order valence-electron chi connectivity index (χ2n) is 8.42. The van der Waals surface area contributed by atoms with Crippen molar-refractivity contribution in [2.75, 3.05) is 0 Å². The number of nitrogens with zero attached hydrogens (tertiary/aromatic N) is 2. The van der Waals surface area contributed by atoms with E-state index in [4.69, 9.17) is 23.2 Å². The number of rotatable bonds is 10. The van der Waals surface area contributed by atoms with Gasteiger partial charge in [-0.15, -0.1) is 11.8 Å². The molecule has 37 heavy (non-hydrogen) atoms. The quantitative estimate of drug-likeness (QED) is 0.145. The third-order valence-corrected chi connectivity index (χ3v) is 8.09. The van der Waals surface area contributed by atoms with Crippen LogP contribution >= 0.6 is 35.0 Å². The highest BCUT2D eigenvalue weighted by Gasteiger charge is 2.26. The molecule has 0 amide bonds. The van der Waals surface area contributed by atoms with Crippen molar-refractivity contribution in [1.29, 1.82) is 0 Å². The van der Waals surface area contributed by atoms with Gasteiger partial charge in [0.15, 0.2) is 0 Å². The molecule has 2 atom stereocenters. The number of benzene rings is 4. The van der Waals surface area contributed by atoms with Gasteiger partial charge in [0.25, 0.3) is 11.4 Å². The molecule has 0 aromatic heterocycles. The SMILES string of the molecule is O=[N+]([O-])c1ccc(C(Cc2ccccc2)SC(Cc2ccccc2)c2ccc([N+](=O)[O-])cc2Cl)c(Cl)c1. The van der Waals surface area contributed by atoms with E-state index in [0.29, 0.717) is 22.9 Å². The van der Waals surface area contributed by atoms with E-state index in [-0.39, 0.29) is 21.9 Å². The molecule has 0 saturated heterocycles. The van der Waals surface area contributed by atoms with E-state index >= 15 is 0 Å². The van der Waals surface area contributed by atoms with Crippen molar-refractivity contribution in [3.63, 3.8) is 0 Å². The van der Waals surface area contributed by atoms with Crippen molar-refractivity contribution in [1.82, 2.24) is 0 Å². The number of hydrogen-bond donors (Lipinski definition) is 0. The minimum atomic E-state index is -0.468. The maximum Gasteiger partial charge on any atom is 0.270 e. The predicted octanol–water partition coefficient (Wildman–Crippen LogP) is 8.81. The summed E-state index contributed by atoms with van der Waals surface area (Å²) in [6.45, 7) is 0. The van der Waals surface area contributed by atoms with E-state index in [1.54, 1.807) is 23.9 Å². The molecule has 4 rings (SSSR count). The summed E-state index contributed by atoms with van der Waals surface area (Å²) in [5, 5.41) is 22.9. The highest BCUT2D eigenvalue weighted by Crippen LogP contribution is 2.48. The van der Waals surface area contributed by atoms with Gasteiger partial charge in [0.2, 0.25) is 0 Å². The fourth-order valence-electron chi connectivity index (χ4n) is 4.10. The lowest BCUT2D eigenvalue weighted by Gasteiger charge is -2.26. The molecule has 6 nitrogen and oxygen atoms in total. The van der Waals surface area contributed by atoms with Crippen LogP contribution in [0.15, 0.2) is 97.1 Å². The molecular weight excluding hydrogens is 531 g/mol. The molecule has 0 aliphatic heterocycles. The van der Waals surface area contributed by atoms with Crippen LogP contribution in [0.25, 0.3) is 0 Å². The average Bonchev–Trinajstić information content (AvgIpc) is 2.89.